The lowest BCUT2D eigenvalue weighted by Gasteiger charge is -2.34. The maximum Gasteiger partial charge on any atom is 0.391 e. The first-order chi connectivity index (χ1) is 9.41. The Bertz CT molecular complexity index is 454. The molecule has 20 heavy (non-hydrogen) atoms. The molecule has 1 aliphatic rings. The highest BCUT2D eigenvalue weighted by atomic mass is 79.9. The molecule has 0 saturated carbocycles. The van der Waals surface area contributed by atoms with E-state index in [1.54, 1.807) is 0 Å². The molecule has 1 fully saturated rings. The summed E-state index contributed by atoms with van der Waals surface area (Å²) in [5.41, 5.74) is 2.12. The molecule has 0 atom stereocenters. The van der Waals surface area contributed by atoms with Crippen molar-refractivity contribution < 1.29 is 13.2 Å². The number of hydrogen-bond donors (Lipinski definition) is 1. The van der Waals surface area contributed by atoms with E-state index in [-0.39, 0.29) is 12.8 Å². The summed E-state index contributed by atoms with van der Waals surface area (Å²) in [7, 11) is 1.88. The zero-order valence-electron chi connectivity index (χ0n) is 11.3. The van der Waals surface area contributed by atoms with Gasteiger partial charge in [0.15, 0.2) is 0 Å². The largest absolute Gasteiger partial charge is 0.391 e. The van der Waals surface area contributed by atoms with E-state index in [1.165, 1.54) is 0 Å². The van der Waals surface area contributed by atoms with Crippen molar-refractivity contribution in [1.29, 1.82) is 0 Å². The molecule has 112 valence electrons. The van der Waals surface area contributed by atoms with Crippen LogP contribution in [0.15, 0.2) is 22.7 Å². The van der Waals surface area contributed by atoms with Gasteiger partial charge in [-0.1, -0.05) is 22.0 Å². The Morgan fingerprint density at radius 3 is 2.45 bits per heavy atom. The number of benzene rings is 1. The van der Waals surface area contributed by atoms with Gasteiger partial charge >= 0.3 is 6.18 Å². The number of piperidine rings is 1. The summed E-state index contributed by atoms with van der Waals surface area (Å²) in [6.07, 6.45) is -3.69. The highest BCUT2D eigenvalue weighted by molar-refractivity contribution is 9.10. The minimum Gasteiger partial charge on any atom is -0.371 e. The molecular weight excluding hydrogens is 333 g/mol. The second kappa shape index (κ2) is 6.35. The Hall–Kier alpha value is -0.750. The lowest BCUT2D eigenvalue weighted by Crippen LogP contribution is -2.39. The van der Waals surface area contributed by atoms with Crippen molar-refractivity contribution >= 4 is 21.6 Å². The number of halogens is 4. The molecule has 1 aromatic carbocycles. The molecule has 1 saturated heterocycles. The van der Waals surface area contributed by atoms with Crippen LogP contribution in [-0.2, 0) is 6.54 Å². The van der Waals surface area contributed by atoms with Crippen molar-refractivity contribution in [2.45, 2.75) is 25.6 Å². The molecule has 2 nitrogen and oxygen atoms in total. The average molecular weight is 351 g/mol. The second-order valence-electron chi connectivity index (χ2n) is 5.11. The normalized spacial score (nSPS) is 17.6. The van der Waals surface area contributed by atoms with Gasteiger partial charge in [-0.05, 0) is 37.6 Å². The fourth-order valence-electron chi connectivity index (χ4n) is 2.53. The lowest BCUT2D eigenvalue weighted by molar-refractivity contribution is -0.179. The van der Waals surface area contributed by atoms with E-state index in [1.807, 2.05) is 30.1 Å². The fourth-order valence-corrected chi connectivity index (χ4v) is 3.04. The van der Waals surface area contributed by atoms with Gasteiger partial charge in [-0.25, -0.2) is 0 Å². The minimum absolute atomic E-state index is 0.180. The monoisotopic (exact) mass is 350 g/mol. The third-order valence-corrected chi connectivity index (χ3v) is 4.47. The van der Waals surface area contributed by atoms with Gasteiger partial charge in [-0.3, -0.25) is 0 Å². The summed E-state index contributed by atoms with van der Waals surface area (Å²) in [4.78, 5) is 2.02. The lowest BCUT2D eigenvalue weighted by atomic mass is 9.96. The predicted molar refractivity (Wildman–Crippen MR) is 77.9 cm³/mol. The third kappa shape index (κ3) is 3.67. The molecule has 0 unspecified atom stereocenters. The van der Waals surface area contributed by atoms with Gasteiger partial charge in [0, 0.05) is 29.8 Å². The zero-order chi connectivity index (χ0) is 14.8. The van der Waals surface area contributed by atoms with E-state index in [0.29, 0.717) is 13.1 Å². The summed E-state index contributed by atoms with van der Waals surface area (Å²) in [5, 5.41) is 3.08. The number of rotatable bonds is 3. The average Bonchev–Trinajstić information content (AvgIpc) is 2.40. The molecule has 6 heteroatoms. The Kier molecular flexibility index (Phi) is 4.96. The van der Waals surface area contributed by atoms with Gasteiger partial charge < -0.3 is 10.2 Å². The number of anilines is 1. The minimum atomic E-state index is -4.05. The maximum atomic E-state index is 12.6. The van der Waals surface area contributed by atoms with E-state index >= 15 is 0 Å². The van der Waals surface area contributed by atoms with E-state index < -0.39 is 12.1 Å². The summed E-state index contributed by atoms with van der Waals surface area (Å²) < 4.78 is 38.9. The van der Waals surface area contributed by atoms with Crippen LogP contribution in [0.4, 0.5) is 18.9 Å². The third-order valence-electron chi connectivity index (χ3n) is 3.73. The van der Waals surface area contributed by atoms with Crippen LogP contribution in [0.2, 0.25) is 0 Å². The van der Waals surface area contributed by atoms with Crippen molar-refractivity contribution in [3.8, 4) is 0 Å². The van der Waals surface area contributed by atoms with E-state index in [2.05, 4.69) is 21.2 Å². The van der Waals surface area contributed by atoms with Crippen molar-refractivity contribution in [1.82, 2.24) is 5.32 Å². The fraction of sp³-hybridized carbons (Fsp3) is 0.571. The highest BCUT2D eigenvalue weighted by Crippen LogP contribution is 2.36. The SMILES string of the molecule is CNCc1ccc(N2CCC(C(F)(F)F)CC2)cc1Br. The number of hydrogen-bond acceptors (Lipinski definition) is 2. The van der Waals surface area contributed by atoms with Crippen LogP contribution in [0.1, 0.15) is 18.4 Å². The van der Waals surface area contributed by atoms with Crippen LogP contribution in [0, 0.1) is 5.92 Å². The topological polar surface area (TPSA) is 15.3 Å². The first kappa shape index (κ1) is 15.6. The molecule has 1 heterocycles. The first-order valence-corrected chi connectivity index (χ1v) is 7.46. The Morgan fingerprint density at radius 1 is 1.30 bits per heavy atom. The number of alkyl halides is 3. The summed E-state index contributed by atoms with van der Waals surface area (Å²) in [6.45, 7) is 1.68. The molecule has 1 aromatic rings. The van der Waals surface area contributed by atoms with Gasteiger partial charge in [0.25, 0.3) is 0 Å². The van der Waals surface area contributed by atoms with Crippen molar-refractivity contribution in [3.63, 3.8) is 0 Å². The van der Waals surface area contributed by atoms with E-state index in [0.717, 1.165) is 22.3 Å². The standard InChI is InChI=1S/C14H18BrF3N2/c1-19-9-10-2-3-12(8-13(10)15)20-6-4-11(5-7-20)14(16,17)18/h2-3,8,11,19H,4-7,9H2,1H3. The molecule has 0 amide bonds. The molecule has 1 aliphatic heterocycles. The molecule has 0 bridgehead atoms. The van der Waals surface area contributed by atoms with Crippen molar-refractivity contribution in [2.24, 2.45) is 5.92 Å². The first-order valence-electron chi connectivity index (χ1n) is 6.66. The zero-order valence-corrected chi connectivity index (χ0v) is 12.9. The Morgan fingerprint density at radius 2 is 1.95 bits per heavy atom. The van der Waals surface area contributed by atoms with Gasteiger partial charge in [-0.15, -0.1) is 0 Å². The van der Waals surface area contributed by atoms with E-state index in [9.17, 15) is 13.2 Å². The molecule has 2 rings (SSSR count). The van der Waals surface area contributed by atoms with Crippen LogP contribution >= 0.6 is 15.9 Å². The maximum absolute atomic E-state index is 12.6. The van der Waals surface area contributed by atoms with E-state index in [4.69, 9.17) is 0 Å². The van der Waals surface area contributed by atoms with Crippen LogP contribution in [0.25, 0.3) is 0 Å². The van der Waals surface area contributed by atoms with Gasteiger partial charge in [-0.2, -0.15) is 13.2 Å². The van der Waals surface area contributed by atoms with Crippen LogP contribution in [0.3, 0.4) is 0 Å². The molecule has 0 aromatic heterocycles. The van der Waals surface area contributed by atoms with Gasteiger partial charge in [0.05, 0.1) is 5.92 Å². The molecule has 0 spiro atoms. The number of nitrogens with one attached hydrogen (secondary N) is 1. The van der Waals surface area contributed by atoms with Crippen LogP contribution < -0.4 is 10.2 Å². The summed E-state index contributed by atoms with van der Waals surface area (Å²) >= 11 is 3.51. The predicted octanol–water partition coefficient (Wildman–Crippen LogP) is 3.95. The highest BCUT2D eigenvalue weighted by Gasteiger charge is 2.41. The van der Waals surface area contributed by atoms with Crippen molar-refractivity contribution in [3.05, 3.63) is 28.2 Å². The van der Waals surface area contributed by atoms with Crippen molar-refractivity contribution in [2.75, 3.05) is 25.0 Å². The Balaban J connectivity index is 2.02. The number of nitrogens with zero attached hydrogens (tertiary/aromatic N) is 1. The smallest absolute Gasteiger partial charge is 0.371 e. The quantitative estimate of drug-likeness (QED) is 0.887. The second-order valence-corrected chi connectivity index (χ2v) is 5.96. The Labute approximate surface area is 125 Å². The summed E-state index contributed by atoms with van der Waals surface area (Å²) in [5.74, 6) is -1.15. The van der Waals surface area contributed by atoms with Crippen LogP contribution in [-0.4, -0.2) is 26.3 Å². The molecule has 0 aliphatic carbocycles. The molecule has 1 N–H and O–H groups in total. The van der Waals surface area contributed by atoms with Gasteiger partial charge in [0.2, 0.25) is 0 Å². The van der Waals surface area contributed by atoms with Crippen LogP contribution in [0.5, 0.6) is 0 Å². The molecule has 0 radical (unpaired) electrons. The molecular formula is C14H18BrF3N2. The van der Waals surface area contributed by atoms with Gasteiger partial charge in [0.1, 0.15) is 0 Å². The summed E-state index contributed by atoms with van der Waals surface area (Å²) in [6, 6.07) is 5.97.